The maximum atomic E-state index is 13.0. The Morgan fingerprint density at radius 1 is 0.676 bits per heavy atom. The highest BCUT2D eigenvalue weighted by molar-refractivity contribution is 5.89. The topological polar surface area (TPSA) is 93.7 Å². The number of carbonyl (C=O) groups is 3. The fourth-order valence-electron chi connectivity index (χ4n) is 3.19. The Morgan fingerprint density at radius 2 is 1.15 bits per heavy atom. The van der Waals surface area contributed by atoms with Crippen LogP contribution in [0.2, 0.25) is 0 Å². The van der Waals surface area contributed by atoms with Crippen LogP contribution in [0.3, 0.4) is 0 Å². The molecule has 0 aliphatic rings. The van der Waals surface area contributed by atoms with Crippen LogP contribution in [0.15, 0.2) is 91.0 Å². The molecule has 0 bridgehead atoms. The van der Waals surface area contributed by atoms with Gasteiger partial charge >= 0.3 is 12.1 Å². The van der Waals surface area contributed by atoms with Gasteiger partial charge in [-0.3, -0.25) is 4.79 Å². The molecule has 0 aliphatic carbocycles. The van der Waals surface area contributed by atoms with Crippen LogP contribution >= 0.6 is 0 Å². The highest BCUT2D eigenvalue weighted by Gasteiger charge is 2.26. The fourth-order valence-corrected chi connectivity index (χ4v) is 3.19. The van der Waals surface area contributed by atoms with Crippen molar-refractivity contribution in [3.63, 3.8) is 0 Å². The SMILES string of the molecule is C[C@@H](NC(=O)[C@@H](Cc1ccccc1)NC(=O)OCc1ccccc1)C(=O)OCc1ccccc1. The van der Waals surface area contributed by atoms with Crippen LogP contribution in [-0.4, -0.2) is 30.1 Å². The summed E-state index contributed by atoms with van der Waals surface area (Å²) in [4.78, 5) is 37.7. The van der Waals surface area contributed by atoms with E-state index in [0.29, 0.717) is 0 Å². The van der Waals surface area contributed by atoms with Gasteiger partial charge in [0.1, 0.15) is 25.3 Å². The van der Waals surface area contributed by atoms with E-state index in [1.165, 1.54) is 0 Å². The average molecular weight is 461 g/mol. The minimum absolute atomic E-state index is 0.0779. The zero-order valence-corrected chi connectivity index (χ0v) is 19.0. The molecule has 0 heterocycles. The quantitative estimate of drug-likeness (QED) is 0.449. The lowest BCUT2D eigenvalue weighted by Crippen LogP contribution is -2.52. The Morgan fingerprint density at radius 3 is 1.68 bits per heavy atom. The van der Waals surface area contributed by atoms with E-state index in [-0.39, 0.29) is 19.6 Å². The van der Waals surface area contributed by atoms with E-state index in [1.54, 1.807) is 6.92 Å². The smallest absolute Gasteiger partial charge is 0.408 e. The minimum Gasteiger partial charge on any atom is -0.459 e. The average Bonchev–Trinajstić information content (AvgIpc) is 2.87. The molecule has 0 spiro atoms. The number of carbonyl (C=O) groups excluding carboxylic acids is 3. The zero-order valence-electron chi connectivity index (χ0n) is 19.0. The van der Waals surface area contributed by atoms with Crippen molar-refractivity contribution >= 4 is 18.0 Å². The molecule has 7 nitrogen and oxygen atoms in total. The van der Waals surface area contributed by atoms with Crippen molar-refractivity contribution < 1.29 is 23.9 Å². The van der Waals surface area contributed by atoms with Gasteiger partial charge in [0.15, 0.2) is 0 Å². The molecule has 0 saturated carbocycles. The third kappa shape index (κ3) is 8.09. The Bertz CT molecular complexity index is 1060. The summed E-state index contributed by atoms with van der Waals surface area (Å²) in [6.45, 7) is 1.73. The summed E-state index contributed by atoms with van der Waals surface area (Å²) >= 11 is 0. The lowest BCUT2D eigenvalue weighted by Gasteiger charge is -2.21. The van der Waals surface area contributed by atoms with E-state index in [4.69, 9.17) is 9.47 Å². The zero-order chi connectivity index (χ0) is 24.2. The van der Waals surface area contributed by atoms with Crippen LogP contribution < -0.4 is 10.6 Å². The normalized spacial score (nSPS) is 12.1. The molecule has 0 aromatic heterocycles. The summed E-state index contributed by atoms with van der Waals surface area (Å²) in [5.41, 5.74) is 2.53. The fraction of sp³-hybridized carbons (Fsp3) is 0.222. The summed E-state index contributed by atoms with van der Waals surface area (Å²) in [7, 11) is 0. The van der Waals surface area contributed by atoms with Crippen LogP contribution in [0.4, 0.5) is 4.79 Å². The number of nitrogens with one attached hydrogen (secondary N) is 2. The van der Waals surface area contributed by atoms with E-state index in [2.05, 4.69) is 10.6 Å². The van der Waals surface area contributed by atoms with E-state index in [0.717, 1.165) is 16.7 Å². The molecule has 176 valence electrons. The Hall–Kier alpha value is -4.13. The largest absolute Gasteiger partial charge is 0.459 e. The lowest BCUT2D eigenvalue weighted by atomic mass is 10.1. The molecule has 3 aromatic carbocycles. The first-order chi connectivity index (χ1) is 16.5. The van der Waals surface area contributed by atoms with Crippen molar-refractivity contribution in [2.45, 2.75) is 38.6 Å². The predicted octanol–water partition coefficient (Wildman–Crippen LogP) is 3.77. The molecule has 7 heteroatoms. The van der Waals surface area contributed by atoms with Crippen LogP contribution in [-0.2, 0) is 38.7 Å². The van der Waals surface area contributed by atoms with E-state index in [9.17, 15) is 14.4 Å². The molecular formula is C27H28N2O5. The highest BCUT2D eigenvalue weighted by Crippen LogP contribution is 2.07. The Balaban J connectivity index is 1.57. The second-order valence-electron chi connectivity index (χ2n) is 7.77. The summed E-state index contributed by atoms with van der Waals surface area (Å²) in [5, 5.41) is 5.24. The van der Waals surface area contributed by atoms with Crippen LogP contribution in [0.1, 0.15) is 23.6 Å². The van der Waals surface area contributed by atoms with Crippen molar-refractivity contribution in [2.24, 2.45) is 0 Å². The molecule has 2 amide bonds. The summed E-state index contributed by atoms with van der Waals surface area (Å²) in [5.74, 6) is -1.08. The number of alkyl carbamates (subject to hydrolysis) is 1. The first-order valence-electron chi connectivity index (χ1n) is 11.0. The molecule has 0 saturated heterocycles. The second-order valence-corrected chi connectivity index (χ2v) is 7.77. The second kappa shape index (κ2) is 12.8. The molecule has 2 N–H and O–H groups in total. The van der Waals surface area contributed by atoms with Crippen molar-refractivity contribution in [3.8, 4) is 0 Å². The summed E-state index contributed by atoms with van der Waals surface area (Å²) in [6, 6.07) is 26.0. The molecule has 0 unspecified atom stereocenters. The predicted molar refractivity (Wildman–Crippen MR) is 128 cm³/mol. The minimum atomic E-state index is -0.935. The van der Waals surface area contributed by atoms with Gasteiger partial charge in [0.05, 0.1) is 0 Å². The number of amides is 2. The van der Waals surface area contributed by atoms with Gasteiger partial charge in [-0.1, -0.05) is 91.0 Å². The molecule has 0 radical (unpaired) electrons. The van der Waals surface area contributed by atoms with Crippen molar-refractivity contribution in [1.82, 2.24) is 10.6 Å². The maximum absolute atomic E-state index is 13.0. The van der Waals surface area contributed by atoms with Gasteiger partial charge in [0, 0.05) is 6.42 Å². The molecule has 34 heavy (non-hydrogen) atoms. The third-order valence-electron chi connectivity index (χ3n) is 5.04. The number of rotatable bonds is 10. The molecular weight excluding hydrogens is 432 g/mol. The monoisotopic (exact) mass is 460 g/mol. The number of hydrogen-bond donors (Lipinski definition) is 2. The number of ether oxygens (including phenoxy) is 2. The van der Waals surface area contributed by atoms with Gasteiger partial charge in [0.2, 0.25) is 5.91 Å². The number of esters is 1. The molecule has 3 rings (SSSR count). The van der Waals surface area contributed by atoms with Gasteiger partial charge < -0.3 is 20.1 Å². The number of hydrogen-bond acceptors (Lipinski definition) is 5. The van der Waals surface area contributed by atoms with Crippen LogP contribution in [0.25, 0.3) is 0 Å². The lowest BCUT2D eigenvalue weighted by molar-refractivity contribution is -0.148. The van der Waals surface area contributed by atoms with Gasteiger partial charge in [-0.15, -0.1) is 0 Å². The van der Waals surface area contributed by atoms with Gasteiger partial charge in [0.25, 0.3) is 0 Å². The van der Waals surface area contributed by atoms with E-state index >= 15 is 0 Å². The van der Waals surface area contributed by atoms with Crippen molar-refractivity contribution in [1.29, 1.82) is 0 Å². The number of benzene rings is 3. The van der Waals surface area contributed by atoms with E-state index in [1.807, 2.05) is 91.0 Å². The third-order valence-corrected chi connectivity index (χ3v) is 5.04. The van der Waals surface area contributed by atoms with Gasteiger partial charge in [-0.25, -0.2) is 9.59 Å². The molecule has 2 atom stereocenters. The first kappa shape index (κ1) is 24.5. The van der Waals surface area contributed by atoms with E-state index < -0.39 is 30.1 Å². The summed E-state index contributed by atoms with van der Waals surface area (Å²) < 4.78 is 10.6. The standard InChI is InChI=1S/C27H28N2O5/c1-20(26(31)33-18-22-13-7-3-8-14-22)28-25(30)24(17-21-11-5-2-6-12-21)29-27(32)34-19-23-15-9-4-10-16-23/h2-16,20,24H,17-19H2,1H3,(H,28,30)(H,29,32)/t20-,24-/m1/s1. The van der Waals surface area contributed by atoms with Crippen LogP contribution in [0, 0.1) is 0 Å². The summed E-state index contributed by atoms with van der Waals surface area (Å²) in [6.07, 6.45) is -0.488. The van der Waals surface area contributed by atoms with Gasteiger partial charge in [-0.2, -0.15) is 0 Å². The molecule has 3 aromatic rings. The molecule has 0 fully saturated rings. The maximum Gasteiger partial charge on any atom is 0.408 e. The van der Waals surface area contributed by atoms with Gasteiger partial charge in [-0.05, 0) is 23.6 Å². The highest BCUT2D eigenvalue weighted by atomic mass is 16.5. The first-order valence-corrected chi connectivity index (χ1v) is 11.0. The Kier molecular flexibility index (Phi) is 9.22. The Labute approximate surface area is 199 Å². The van der Waals surface area contributed by atoms with Crippen molar-refractivity contribution in [3.05, 3.63) is 108 Å². The van der Waals surface area contributed by atoms with Crippen molar-refractivity contribution in [2.75, 3.05) is 0 Å². The molecule has 0 aliphatic heterocycles. The van der Waals surface area contributed by atoms with Crippen LogP contribution in [0.5, 0.6) is 0 Å².